The van der Waals surface area contributed by atoms with E-state index in [0.717, 1.165) is 0 Å². The zero-order valence-electron chi connectivity index (χ0n) is 18.0. The van der Waals surface area contributed by atoms with Crippen molar-refractivity contribution in [2.45, 2.75) is 30.9 Å². The van der Waals surface area contributed by atoms with Crippen LogP contribution < -0.4 is 15.5 Å². The molecule has 0 spiro atoms. The summed E-state index contributed by atoms with van der Waals surface area (Å²) in [6, 6.07) is 9.83. The van der Waals surface area contributed by atoms with Gasteiger partial charge < -0.3 is 20.6 Å². The first-order valence-electron chi connectivity index (χ1n) is 10.1. The highest BCUT2D eigenvalue weighted by molar-refractivity contribution is 6.11. The first-order valence-corrected chi connectivity index (χ1v) is 10.1. The van der Waals surface area contributed by atoms with Crippen LogP contribution in [0, 0.1) is 0 Å². The number of alkyl halides is 6. The van der Waals surface area contributed by atoms with Gasteiger partial charge in [0.25, 0.3) is 17.7 Å². The van der Waals surface area contributed by atoms with Crippen LogP contribution in [0.4, 0.5) is 32.0 Å². The van der Waals surface area contributed by atoms with Crippen molar-refractivity contribution >= 4 is 23.4 Å². The third-order valence-corrected chi connectivity index (χ3v) is 5.22. The van der Waals surface area contributed by atoms with Crippen molar-refractivity contribution in [2.75, 3.05) is 18.0 Å². The van der Waals surface area contributed by atoms with Crippen LogP contribution in [-0.2, 0) is 14.4 Å². The van der Waals surface area contributed by atoms with Gasteiger partial charge in [-0.2, -0.15) is 26.3 Å². The van der Waals surface area contributed by atoms with Crippen LogP contribution in [0.15, 0.2) is 48.5 Å². The Hall–Kier alpha value is -3.61. The molecule has 1 aliphatic heterocycles. The molecule has 2 aromatic carbocycles. The number of amides is 3. The molecule has 2 atom stereocenters. The molecule has 3 rings (SSSR count). The summed E-state index contributed by atoms with van der Waals surface area (Å²) in [7, 11) is 0. The lowest BCUT2D eigenvalue weighted by Gasteiger charge is -2.29. The van der Waals surface area contributed by atoms with E-state index in [4.69, 9.17) is 0 Å². The van der Waals surface area contributed by atoms with Crippen LogP contribution in [0.1, 0.15) is 18.5 Å². The number of aliphatic hydroxyl groups is 1. The monoisotopic (exact) mass is 503 g/mol. The number of benzene rings is 2. The first-order chi connectivity index (χ1) is 16.1. The van der Waals surface area contributed by atoms with Gasteiger partial charge in [0.1, 0.15) is 19.1 Å². The average molecular weight is 503 g/mol. The predicted molar refractivity (Wildman–Crippen MR) is 111 cm³/mol. The van der Waals surface area contributed by atoms with Gasteiger partial charge in [0.05, 0.1) is 5.69 Å². The second kappa shape index (κ2) is 9.21. The molecule has 35 heavy (non-hydrogen) atoms. The van der Waals surface area contributed by atoms with Crippen molar-refractivity contribution in [3.05, 3.63) is 54.1 Å². The normalized spacial score (nSPS) is 17.5. The molecule has 7 nitrogen and oxygen atoms in total. The van der Waals surface area contributed by atoms with Gasteiger partial charge >= 0.3 is 12.4 Å². The van der Waals surface area contributed by atoms with Gasteiger partial charge in [-0.3, -0.25) is 14.4 Å². The zero-order valence-corrected chi connectivity index (χ0v) is 18.0. The lowest BCUT2D eigenvalue weighted by molar-refractivity contribution is -0.158. The largest absolute Gasteiger partial charge is 0.406 e. The summed E-state index contributed by atoms with van der Waals surface area (Å²) in [6.45, 7) is -2.94. The van der Waals surface area contributed by atoms with Crippen LogP contribution in [0.5, 0.6) is 0 Å². The highest BCUT2D eigenvalue weighted by Crippen LogP contribution is 2.41. The minimum absolute atomic E-state index is 0.0643. The van der Waals surface area contributed by atoms with Gasteiger partial charge in [-0.15, -0.1) is 0 Å². The van der Waals surface area contributed by atoms with E-state index in [9.17, 15) is 45.8 Å². The topological polar surface area (TPSA) is 98.7 Å². The van der Waals surface area contributed by atoms with Crippen LogP contribution in [-0.4, -0.2) is 53.9 Å². The molecular weight excluding hydrogens is 484 g/mol. The Morgan fingerprint density at radius 3 is 2.09 bits per heavy atom. The number of carbonyl (C=O) groups is 3. The van der Waals surface area contributed by atoms with E-state index in [1.54, 1.807) is 12.1 Å². The molecule has 0 unspecified atom stereocenters. The Morgan fingerprint density at radius 1 is 0.914 bits per heavy atom. The SMILES string of the molecule is C[C@@](O)(C(=O)NCC(F)(F)F)C(=O)N[C@@H]1C(=O)N(CC(F)(F)F)c2ccccc2-c2ccccc21. The quantitative estimate of drug-likeness (QED) is 0.432. The molecule has 13 heteroatoms. The minimum Gasteiger partial charge on any atom is -0.372 e. The fraction of sp³-hybridized carbons (Fsp3) is 0.318. The average Bonchev–Trinajstić information content (AvgIpc) is 2.85. The number of halogens is 6. The van der Waals surface area contributed by atoms with Gasteiger partial charge in [-0.05, 0) is 24.1 Å². The molecule has 0 fully saturated rings. The number of hydrogen-bond acceptors (Lipinski definition) is 4. The highest BCUT2D eigenvalue weighted by Gasteiger charge is 2.45. The van der Waals surface area contributed by atoms with E-state index in [0.29, 0.717) is 17.4 Å². The van der Waals surface area contributed by atoms with Gasteiger partial charge in [-0.1, -0.05) is 42.5 Å². The fourth-order valence-electron chi connectivity index (χ4n) is 3.55. The molecule has 0 aromatic heterocycles. The van der Waals surface area contributed by atoms with E-state index in [1.165, 1.54) is 41.7 Å². The number of rotatable bonds is 5. The second-order valence-electron chi connectivity index (χ2n) is 7.92. The van der Waals surface area contributed by atoms with E-state index in [-0.39, 0.29) is 16.8 Å². The lowest BCUT2D eigenvalue weighted by Crippen LogP contribution is -2.58. The van der Waals surface area contributed by atoms with Gasteiger partial charge in [-0.25, -0.2) is 0 Å². The fourth-order valence-corrected chi connectivity index (χ4v) is 3.55. The van der Waals surface area contributed by atoms with Gasteiger partial charge in [0, 0.05) is 5.56 Å². The van der Waals surface area contributed by atoms with Gasteiger partial charge in [0.15, 0.2) is 0 Å². The number of para-hydroxylation sites is 1. The van der Waals surface area contributed by atoms with Crippen molar-refractivity contribution in [3.63, 3.8) is 0 Å². The molecule has 1 aliphatic rings. The Balaban J connectivity index is 2.02. The van der Waals surface area contributed by atoms with Gasteiger partial charge in [0.2, 0.25) is 5.60 Å². The number of anilines is 1. The Kier molecular flexibility index (Phi) is 6.84. The maximum Gasteiger partial charge on any atom is 0.406 e. The Labute approximate surface area is 194 Å². The predicted octanol–water partition coefficient (Wildman–Crippen LogP) is 2.85. The van der Waals surface area contributed by atoms with E-state index < -0.39 is 54.8 Å². The number of fused-ring (bicyclic) bond motifs is 3. The summed E-state index contributed by atoms with van der Waals surface area (Å²) in [5, 5.41) is 13.7. The Morgan fingerprint density at radius 2 is 1.49 bits per heavy atom. The molecule has 3 amide bonds. The third-order valence-electron chi connectivity index (χ3n) is 5.22. The molecule has 188 valence electrons. The number of hydrogen-bond donors (Lipinski definition) is 3. The number of nitrogens with zero attached hydrogens (tertiary/aromatic N) is 1. The third kappa shape index (κ3) is 5.73. The van der Waals surface area contributed by atoms with Crippen molar-refractivity contribution in [2.24, 2.45) is 0 Å². The summed E-state index contributed by atoms with van der Waals surface area (Å²) < 4.78 is 77.3. The van der Waals surface area contributed by atoms with Crippen molar-refractivity contribution < 1.29 is 45.8 Å². The summed E-state index contributed by atoms with van der Waals surface area (Å²) >= 11 is 0. The molecule has 0 radical (unpaired) electrons. The van der Waals surface area contributed by atoms with E-state index >= 15 is 0 Å². The van der Waals surface area contributed by atoms with Crippen LogP contribution in [0.3, 0.4) is 0 Å². The summed E-state index contributed by atoms with van der Waals surface area (Å²) in [6.07, 6.45) is -9.65. The Bertz CT molecular complexity index is 1150. The lowest BCUT2D eigenvalue weighted by atomic mass is 9.94. The number of nitrogens with one attached hydrogen (secondary N) is 2. The second-order valence-corrected chi connectivity index (χ2v) is 7.92. The highest BCUT2D eigenvalue weighted by atomic mass is 19.4. The molecule has 0 bridgehead atoms. The first kappa shape index (κ1) is 26.0. The summed E-state index contributed by atoms with van der Waals surface area (Å²) in [4.78, 5) is 38.5. The van der Waals surface area contributed by atoms with Crippen molar-refractivity contribution in [1.82, 2.24) is 10.6 Å². The van der Waals surface area contributed by atoms with Crippen LogP contribution in [0.2, 0.25) is 0 Å². The molecule has 0 aliphatic carbocycles. The molecule has 2 aromatic rings. The summed E-state index contributed by atoms with van der Waals surface area (Å²) in [5.41, 5.74) is -2.54. The maximum atomic E-state index is 13.4. The molecule has 0 saturated carbocycles. The minimum atomic E-state index is -4.83. The number of carbonyl (C=O) groups excluding carboxylic acids is 3. The van der Waals surface area contributed by atoms with Crippen LogP contribution >= 0.6 is 0 Å². The molecular formula is C22H19F6N3O4. The standard InChI is InChI=1S/C22H19F6N3O4/c1-20(35,18(33)29-10-21(23,24)25)19(34)30-16-14-8-3-2-6-12(14)13-7-4-5-9-15(13)31(17(16)32)11-22(26,27)28/h2-9,16,35H,10-11H2,1H3,(H,29,33)(H,30,34)/t16-,20+/m0/s1. The molecule has 1 heterocycles. The summed E-state index contributed by atoms with van der Waals surface area (Å²) in [5.74, 6) is -4.51. The van der Waals surface area contributed by atoms with E-state index in [2.05, 4.69) is 0 Å². The molecule has 3 N–H and O–H groups in total. The maximum absolute atomic E-state index is 13.4. The molecule has 0 saturated heterocycles. The van der Waals surface area contributed by atoms with Crippen LogP contribution in [0.25, 0.3) is 11.1 Å². The smallest absolute Gasteiger partial charge is 0.372 e. The van der Waals surface area contributed by atoms with Crippen molar-refractivity contribution in [3.8, 4) is 11.1 Å². The zero-order chi connectivity index (χ0) is 26.2. The van der Waals surface area contributed by atoms with Crippen molar-refractivity contribution in [1.29, 1.82) is 0 Å². The van der Waals surface area contributed by atoms with E-state index in [1.807, 2.05) is 5.32 Å².